The number of H-pyrrole nitrogens is 1. The molecule has 0 unspecified atom stereocenters. The fraction of sp³-hybridized carbons (Fsp3) is 0.429. The lowest BCUT2D eigenvalue weighted by molar-refractivity contribution is -0.139. The highest BCUT2D eigenvalue weighted by molar-refractivity contribution is 7.99. The van der Waals surface area contributed by atoms with Crippen molar-refractivity contribution in [3.63, 3.8) is 0 Å². The Bertz CT molecular complexity index is 796. The molecule has 2 aromatic rings. The number of fused-ring (bicyclic) bond motifs is 1. The number of ether oxygens (including phenoxy) is 2. The average Bonchev–Trinajstić information content (AvgIpc) is 2.83. The summed E-state index contributed by atoms with van der Waals surface area (Å²) in [5.41, 5.74) is 0.213. The van der Waals surface area contributed by atoms with E-state index >= 15 is 0 Å². The van der Waals surface area contributed by atoms with E-state index in [9.17, 15) is 14.4 Å². The second-order valence-electron chi connectivity index (χ2n) is 4.42. The third-order valence-corrected chi connectivity index (χ3v) is 4.88. The van der Waals surface area contributed by atoms with Crippen molar-refractivity contribution in [3.05, 3.63) is 20.8 Å². The predicted molar refractivity (Wildman–Crippen MR) is 88.3 cm³/mol. The van der Waals surface area contributed by atoms with Crippen molar-refractivity contribution in [2.24, 2.45) is 0 Å². The van der Waals surface area contributed by atoms with E-state index in [1.807, 2.05) is 0 Å². The number of aromatic nitrogens is 2. The number of aromatic amines is 1. The maximum absolute atomic E-state index is 12.2. The van der Waals surface area contributed by atoms with Crippen LogP contribution in [0.1, 0.15) is 29.1 Å². The van der Waals surface area contributed by atoms with Gasteiger partial charge in [0.05, 0.1) is 24.4 Å². The SMILES string of the molecule is CCOC(=O)CSc1nc2sc(C(=O)OCC)c(C)c2c(=O)[nH]1. The smallest absolute Gasteiger partial charge is 0.348 e. The number of esters is 2. The van der Waals surface area contributed by atoms with Crippen molar-refractivity contribution < 1.29 is 19.1 Å². The Labute approximate surface area is 140 Å². The number of thioether (sulfide) groups is 1. The molecular weight excluding hydrogens is 340 g/mol. The van der Waals surface area contributed by atoms with E-state index in [-0.39, 0.29) is 23.9 Å². The second-order valence-corrected chi connectivity index (χ2v) is 6.38. The normalized spacial score (nSPS) is 10.7. The van der Waals surface area contributed by atoms with E-state index in [1.165, 1.54) is 0 Å². The number of nitrogens with zero attached hydrogens (tertiary/aromatic N) is 1. The number of thiophene rings is 1. The van der Waals surface area contributed by atoms with Gasteiger partial charge >= 0.3 is 11.9 Å². The van der Waals surface area contributed by atoms with Crippen LogP contribution in [0.2, 0.25) is 0 Å². The van der Waals surface area contributed by atoms with Gasteiger partial charge < -0.3 is 14.5 Å². The van der Waals surface area contributed by atoms with Gasteiger partial charge in [-0.25, -0.2) is 9.78 Å². The number of hydrogen-bond acceptors (Lipinski definition) is 8. The highest BCUT2D eigenvalue weighted by atomic mass is 32.2. The van der Waals surface area contributed by atoms with Crippen LogP contribution < -0.4 is 5.56 Å². The van der Waals surface area contributed by atoms with E-state index < -0.39 is 5.97 Å². The number of carbonyl (C=O) groups excluding carboxylic acids is 2. The fourth-order valence-electron chi connectivity index (χ4n) is 1.91. The molecule has 0 aliphatic carbocycles. The Morgan fingerprint density at radius 3 is 2.61 bits per heavy atom. The monoisotopic (exact) mass is 356 g/mol. The quantitative estimate of drug-likeness (QED) is 0.481. The van der Waals surface area contributed by atoms with Crippen LogP contribution in [0.5, 0.6) is 0 Å². The van der Waals surface area contributed by atoms with Crippen LogP contribution in [0.3, 0.4) is 0 Å². The second kappa shape index (κ2) is 7.60. The largest absolute Gasteiger partial charge is 0.465 e. The van der Waals surface area contributed by atoms with Crippen molar-refractivity contribution in [2.45, 2.75) is 25.9 Å². The number of carbonyl (C=O) groups is 2. The summed E-state index contributed by atoms with van der Waals surface area (Å²) in [6.07, 6.45) is 0. The zero-order valence-electron chi connectivity index (χ0n) is 12.9. The Morgan fingerprint density at radius 2 is 1.96 bits per heavy atom. The predicted octanol–water partition coefficient (Wildman–Crippen LogP) is 2.12. The Balaban J connectivity index is 2.33. The zero-order chi connectivity index (χ0) is 17.0. The summed E-state index contributed by atoms with van der Waals surface area (Å²) in [7, 11) is 0. The van der Waals surface area contributed by atoms with Gasteiger partial charge in [0.2, 0.25) is 0 Å². The maximum Gasteiger partial charge on any atom is 0.348 e. The van der Waals surface area contributed by atoms with Gasteiger partial charge in [0.1, 0.15) is 9.71 Å². The highest BCUT2D eigenvalue weighted by Crippen LogP contribution is 2.28. The first kappa shape index (κ1) is 17.5. The molecule has 0 aromatic carbocycles. The third kappa shape index (κ3) is 3.91. The standard InChI is InChI=1S/C14H16N2O5S2/c1-4-20-8(17)6-22-14-15-11(18)9-7(3)10(13(19)21-5-2)23-12(9)16-14/h4-6H2,1-3H3,(H,15,16,18). The van der Waals surface area contributed by atoms with E-state index in [0.29, 0.717) is 32.4 Å². The van der Waals surface area contributed by atoms with Crippen LogP contribution in [0, 0.1) is 6.92 Å². The molecule has 0 radical (unpaired) electrons. The van der Waals surface area contributed by atoms with Crippen LogP contribution in [0.25, 0.3) is 10.2 Å². The molecule has 1 N–H and O–H groups in total. The summed E-state index contributed by atoms with van der Waals surface area (Å²) in [5.74, 6) is -0.792. The first-order valence-electron chi connectivity index (χ1n) is 6.96. The molecule has 9 heteroatoms. The van der Waals surface area contributed by atoms with Crippen molar-refractivity contribution in [3.8, 4) is 0 Å². The molecule has 0 fully saturated rings. The van der Waals surface area contributed by atoms with Gasteiger partial charge in [-0.15, -0.1) is 11.3 Å². The molecule has 7 nitrogen and oxygen atoms in total. The first-order chi connectivity index (χ1) is 11.0. The summed E-state index contributed by atoms with van der Waals surface area (Å²) in [4.78, 5) is 43.2. The summed E-state index contributed by atoms with van der Waals surface area (Å²) >= 11 is 2.19. The summed E-state index contributed by atoms with van der Waals surface area (Å²) in [5, 5.41) is 0.686. The molecule has 2 rings (SSSR count). The van der Waals surface area contributed by atoms with Crippen LogP contribution in [-0.4, -0.2) is 40.9 Å². The molecule has 0 saturated heterocycles. The van der Waals surface area contributed by atoms with Crippen LogP contribution in [-0.2, 0) is 14.3 Å². The minimum Gasteiger partial charge on any atom is -0.465 e. The van der Waals surface area contributed by atoms with Gasteiger partial charge in [-0.1, -0.05) is 11.8 Å². The van der Waals surface area contributed by atoms with Gasteiger partial charge in [-0.3, -0.25) is 9.59 Å². The minimum atomic E-state index is -0.465. The molecular formula is C14H16N2O5S2. The van der Waals surface area contributed by atoms with Crippen molar-refractivity contribution in [2.75, 3.05) is 19.0 Å². The number of rotatable bonds is 6. The molecule has 0 aliphatic rings. The molecule has 0 amide bonds. The fourth-order valence-corrected chi connectivity index (χ4v) is 3.71. The Morgan fingerprint density at radius 1 is 1.26 bits per heavy atom. The van der Waals surface area contributed by atoms with Gasteiger partial charge in [0.25, 0.3) is 5.56 Å². The third-order valence-electron chi connectivity index (χ3n) is 2.87. The number of nitrogens with one attached hydrogen (secondary N) is 1. The summed E-state index contributed by atoms with van der Waals surface area (Å²) in [6, 6.07) is 0. The van der Waals surface area contributed by atoms with Gasteiger partial charge in [-0.2, -0.15) is 0 Å². The Hall–Kier alpha value is -1.87. The molecule has 124 valence electrons. The molecule has 0 atom stereocenters. The lowest BCUT2D eigenvalue weighted by atomic mass is 10.2. The van der Waals surface area contributed by atoms with Crippen molar-refractivity contribution >= 4 is 45.3 Å². The maximum atomic E-state index is 12.2. The molecule has 0 saturated carbocycles. The van der Waals surface area contributed by atoms with Crippen molar-refractivity contribution in [1.82, 2.24) is 9.97 Å². The summed E-state index contributed by atoms with van der Waals surface area (Å²) < 4.78 is 9.80. The van der Waals surface area contributed by atoms with E-state index in [0.717, 1.165) is 23.1 Å². The molecule has 0 spiro atoms. The Kier molecular flexibility index (Phi) is 5.78. The zero-order valence-corrected chi connectivity index (χ0v) is 14.6. The summed E-state index contributed by atoms with van der Waals surface area (Å²) in [6.45, 7) is 5.69. The topological polar surface area (TPSA) is 98.3 Å². The molecule has 0 bridgehead atoms. The lowest BCUT2D eigenvalue weighted by Crippen LogP contribution is -2.11. The van der Waals surface area contributed by atoms with Gasteiger partial charge in [0.15, 0.2) is 5.16 Å². The first-order valence-corrected chi connectivity index (χ1v) is 8.77. The molecule has 2 heterocycles. The van der Waals surface area contributed by atoms with Gasteiger partial charge in [-0.05, 0) is 26.3 Å². The minimum absolute atomic E-state index is 0.0530. The highest BCUT2D eigenvalue weighted by Gasteiger charge is 2.20. The van der Waals surface area contributed by atoms with Crippen LogP contribution >= 0.6 is 23.1 Å². The van der Waals surface area contributed by atoms with Crippen molar-refractivity contribution in [1.29, 1.82) is 0 Å². The molecule has 0 aliphatic heterocycles. The average molecular weight is 356 g/mol. The van der Waals surface area contributed by atoms with Crippen LogP contribution in [0.15, 0.2) is 9.95 Å². The van der Waals surface area contributed by atoms with Crippen LogP contribution in [0.4, 0.5) is 0 Å². The number of hydrogen-bond donors (Lipinski definition) is 1. The van der Waals surface area contributed by atoms with E-state index in [1.54, 1.807) is 20.8 Å². The molecule has 2 aromatic heterocycles. The molecule has 23 heavy (non-hydrogen) atoms. The van der Waals surface area contributed by atoms with E-state index in [2.05, 4.69) is 9.97 Å². The van der Waals surface area contributed by atoms with E-state index in [4.69, 9.17) is 9.47 Å². The van der Waals surface area contributed by atoms with Gasteiger partial charge in [0, 0.05) is 0 Å². The number of aryl methyl sites for hydroxylation is 1. The lowest BCUT2D eigenvalue weighted by Gasteiger charge is -2.01.